The van der Waals surface area contributed by atoms with Gasteiger partial charge in [-0.1, -0.05) is 364 Å². The van der Waals surface area contributed by atoms with E-state index in [4.69, 9.17) is 0 Å². The summed E-state index contributed by atoms with van der Waals surface area (Å²) >= 11 is 0. The van der Waals surface area contributed by atoms with Crippen LogP contribution in [0.2, 0.25) is 0 Å². The Kier molecular flexibility index (Phi) is 29.2. The number of rotatable bonds is 18. The van der Waals surface area contributed by atoms with E-state index < -0.39 is 36.6 Å². The molecule has 6 N–H and O–H groups in total. The van der Waals surface area contributed by atoms with E-state index in [2.05, 4.69) is 0 Å². The molecular weight excluding hydrogens is 1200 g/mol. The zero-order valence-corrected chi connectivity index (χ0v) is 52.2. The zero-order chi connectivity index (χ0) is 68.3. The Morgan fingerprint density at radius 1 is 0.146 bits per heavy atom. The maximum Gasteiger partial charge on any atom is 0.195 e. The standard InChI is InChI=1S/6C14H12O2/c6*15-13(11-7-3-1-4-8-11)14(16)12-9-5-2-6-10-12/h6*1-10,13,15H. The highest BCUT2D eigenvalue weighted by Crippen LogP contribution is 2.23. The summed E-state index contributed by atoms with van der Waals surface area (Å²) in [5.41, 5.74) is 6.89. The van der Waals surface area contributed by atoms with E-state index in [1.54, 1.807) is 291 Å². The van der Waals surface area contributed by atoms with Gasteiger partial charge in [-0.25, -0.2) is 0 Å². The van der Waals surface area contributed by atoms with Gasteiger partial charge in [0.1, 0.15) is 36.6 Å². The molecule has 0 heterocycles. The van der Waals surface area contributed by atoms with Crippen LogP contribution in [0.3, 0.4) is 0 Å². The Morgan fingerprint density at radius 3 is 0.323 bits per heavy atom. The first-order chi connectivity index (χ1) is 46.7. The lowest BCUT2D eigenvalue weighted by Crippen LogP contribution is -2.11. The molecule has 0 aliphatic carbocycles. The summed E-state index contributed by atoms with van der Waals surface area (Å²) in [5.74, 6) is -1.63. The van der Waals surface area contributed by atoms with Crippen molar-refractivity contribution in [3.8, 4) is 0 Å². The van der Waals surface area contributed by atoms with Crippen LogP contribution in [0.1, 0.15) is 132 Å². The van der Waals surface area contributed by atoms with Gasteiger partial charge in [0.2, 0.25) is 0 Å². The van der Waals surface area contributed by atoms with Gasteiger partial charge >= 0.3 is 0 Å². The second-order valence-corrected chi connectivity index (χ2v) is 21.3. The number of hydrogen-bond donors (Lipinski definition) is 6. The number of carbonyl (C=O) groups excluding carboxylic acids is 6. The third-order valence-corrected chi connectivity index (χ3v) is 14.5. The normalized spacial score (nSPS) is 12.1. The van der Waals surface area contributed by atoms with Gasteiger partial charge in [-0.3, -0.25) is 28.8 Å². The van der Waals surface area contributed by atoms with Crippen molar-refractivity contribution in [2.24, 2.45) is 0 Å². The lowest BCUT2D eigenvalue weighted by Gasteiger charge is -2.09. The molecule has 480 valence electrons. The molecule has 0 bridgehead atoms. The van der Waals surface area contributed by atoms with E-state index in [1.165, 1.54) is 0 Å². The van der Waals surface area contributed by atoms with Crippen LogP contribution in [-0.2, 0) is 0 Å². The van der Waals surface area contributed by atoms with Gasteiger partial charge in [-0.05, 0) is 33.4 Å². The number of benzene rings is 12. The monoisotopic (exact) mass is 1270 g/mol. The first-order valence-corrected chi connectivity index (χ1v) is 30.7. The topological polar surface area (TPSA) is 224 Å². The Morgan fingerprint density at radius 2 is 0.229 bits per heavy atom. The highest BCUT2D eigenvalue weighted by Gasteiger charge is 2.23. The summed E-state index contributed by atoms with van der Waals surface area (Å²) in [6.45, 7) is 0. The average molecular weight is 1270 g/mol. The molecule has 0 aliphatic rings. The second kappa shape index (κ2) is 39.1. The lowest BCUT2D eigenvalue weighted by molar-refractivity contribution is 0.0743. The molecule has 0 saturated carbocycles. The third kappa shape index (κ3) is 22.3. The quantitative estimate of drug-likeness (QED) is 0.0442. The van der Waals surface area contributed by atoms with Crippen LogP contribution < -0.4 is 0 Å². The van der Waals surface area contributed by atoms with Crippen molar-refractivity contribution in [2.75, 3.05) is 0 Å². The van der Waals surface area contributed by atoms with Crippen molar-refractivity contribution in [1.29, 1.82) is 0 Å². The summed E-state index contributed by atoms with van der Waals surface area (Å²) in [4.78, 5) is 71.4. The number of aliphatic hydroxyl groups is 6. The van der Waals surface area contributed by atoms with E-state index in [0.717, 1.165) is 0 Å². The molecule has 12 aromatic carbocycles. The van der Waals surface area contributed by atoms with Gasteiger partial charge in [0, 0.05) is 33.4 Å². The number of carbonyl (C=O) groups is 6. The molecule has 0 amide bonds. The third-order valence-electron chi connectivity index (χ3n) is 14.5. The minimum absolute atomic E-state index is 0.271. The minimum Gasteiger partial charge on any atom is -0.380 e. The SMILES string of the molecule is O=C(c1ccccc1)C(O)c1ccccc1.O=C(c1ccccc1)C(O)c1ccccc1.O=C(c1ccccc1)C(O)c1ccccc1.O=C(c1ccccc1)C(O)c1ccccc1.O=C(c1ccccc1)C(O)c1ccccc1.O=C(c1ccccc1)C(O)c1ccccc1. The highest BCUT2D eigenvalue weighted by atomic mass is 16.3. The Labute approximate surface area is 558 Å². The van der Waals surface area contributed by atoms with Crippen molar-refractivity contribution in [3.05, 3.63) is 431 Å². The van der Waals surface area contributed by atoms with Crippen molar-refractivity contribution in [3.63, 3.8) is 0 Å². The Hall–Kier alpha value is -11.6. The van der Waals surface area contributed by atoms with Crippen LogP contribution in [0.5, 0.6) is 0 Å². The predicted molar refractivity (Wildman–Crippen MR) is 373 cm³/mol. The van der Waals surface area contributed by atoms with Gasteiger partial charge in [0.25, 0.3) is 0 Å². The molecule has 12 aromatic rings. The average Bonchev–Trinajstić information content (AvgIpc) is 1.39. The minimum atomic E-state index is -1.08. The number of Topliss-reactive ketones (excluding diaryl/α,β-unsaturated/α-hetero) is 6. The van der Waals surface area contributed by atoms with Crippen LogP contribution >= 0.6 is 0 Å². The fourth-order valence-corrected chi connectivity index (χ4v) is 9.28. The molecule has 0 radical (unpaired) electrons. The first-order valence-electron chi connectivity index (χ1n) is 30.7. The summed E-state index contributed by atoms with van der Waals surface area (Å²) < 4.78 is 0. The maximum absolute atomic E-state index is 11.9. The highest BCUT2D eigenvalue weighted by molar-refractivity contribution is 6.02. The molecule has 12 rings (SSSR count). The van der Waals surface area contributed by atoms with E-state index in [-0.39, 0.29) is 34.7 Å². The van der Waals surface area contributed by atoms with Crippen molar-refractivity contribution in [2.45, 2.75) is 36.6 Å². The van der Waals surface area contributed by atoms with E-state index >= 15 is 0 Å². The molecule has 0 aromatic heterocycles. The van der Waals surface area contributed by atoms with Crippen LogP contribution in [0.4, 0.5) is 0 Å². The van der Waals surface area contributed by atoms with Gasteiger partial charge < -0.3 is 30.6 Å². The smallest absolute Gasteiger partial charge is 0.195 e. The van der Waals surface area contributed by atoms with Crippen LogP contribution in [0, 0.1) is 0 Å². The van der Waals surface area contributed by atoms with Crippen LogP contribution in [-0.4, -0.2) is 65.3 Å². The van der Waals surface area contributed by atoms with Crippen LogP contribution in [0.25, 0.3) is 0 Å². The molecule has 6 atom stereocenters. The van der Waals surface area contributed by atoms with Crippen LogP contribution in [0.15, 0.2) is 364 Å². The molecule has 0 spiro atoms. The van der Waals surface area contributed by atoms with Gasteiger partial charge in [-0.15, -0.1) is 0 Å². The molecule has 12 heteroatoms. The van der Waals surface area contributed by atoms with Crippen molar-refractivity contribution in [1.82, 2.24) is 0 Å². The molecular formula is C84H72O12. The predicted octanol–water partition coefficient (Wildman–Crippen LogP) is 15.6. The summed E-state index contributed by atoms with van der Waals surface area (Å²) in [7, 11) is 0. The fraction of sp³-hybridized carbons (Fsp3) is 0.0714. The number of hydrogen-bond acceptors (Lipinski definition) is 12. The fourth-order valence-electron chi connectivity index (χ4n) is 9.28. The molecule has 0 aliphatic heterocycles. The molecule has 96 heavy (non-hydrogen) atoms. The number of aliphatic hydroxyl groups excluding tert-OH is 6. The molecule has 0 saturated heterocycles. The van der Waals surface area contributed by atoms with Crippen molar-refractivity contribution >= 4 is 34.7 Å². The second-order valence-electron chi connectivity index (χ2n) is 21.3. The van der Waals surface area contributed by atoms with Gasteiger partial charge in [0.05, 0.1) is 0 Å². The maximum atomic E-state index is 11.9. The molecule has 6 unspecified atom stereocenters. The van der Waals surface area contributed by atoms with Gasteiger partial charge in [0.15, 0.2) is 34.7 Å². The summed E-state index contributed by atoms with van der Waals surface area (Å²) in [6.07, 6.45) is -6.48. The lowest BCUT2D eigenvalue weighted by atomic mass is 10.0. The summed E-state index contributed by atoms with van der Waals surface area (Å²) in [5, 5.41) is 59.4. The molecule has 0 fully saturated rings. The Bertz CT molecular complexity index is 3500. The summed E-state index contributed by atoms with van der Waals surface area (Å²) in [6, 6.07) is 106. The first kappa shape index (κ1) is 71.9. The van der Waals surface area contributed by atoms with E-state index in [1.807, 2.05) is 72.8 Å². The van der Waals surface area contributed by atoms with E-state index in [9.17, 15) is 59.4 Å². The van der Waals surface area contributed by atoms with Crippen molar-refractivity contribution < 1.29 is 59.4 Å². The molecule has 12 nitrogen and oxygen atoms in total. The largest absolute Gasteiger partial charge is 0.380 e. The Balaban J connectivity index is 0.000000163. The van der Waals surface area contributed by atoms with E-state index in [0.29, 0.717) is 66.8 Å². The number of ketones is 6. The zero-order valence-electron chi connectivity index (χ0n) is 52.2. The van der Waals surface area contributed by atoms with Gasteiger partial charge in [-0.2, -0.15) is 0 Å².